The zero-order chi connectivity index (χ0) is 47.6. The van der Waals surface area contributed by atoms with Gasteiger partial charge in [-0.1, -0.05) is 206 Å². The molecule has 0 saturated carbocycles. The quantitative estimate of drug-likeness (QED) is 0.107. The first-order chi connectivity index (χ1) is 35.7. The summed E-state index contributed by atoms with van der Waals surface area (Å²) in [6, 6.07) is 99.4. The van der Waals surface area contributed by atoms with Crippen molar-refractivity contribution in [3.05, 3.63) is 273 Å². The van der Waals surface area contributed by atoms with E-state index < -0.39 is 8.07 Å². The van der Waals surface area contributed by atoms with Gasteiger partial charge in [-0.3, -0.25) is 8.97 Å². The van der Waals surface area contributed by atoms with Gasteiger partial charge in [0.05, 0.1) is 39.0 Å². The maximum absolute atomic E-state index is 5.65. The molecular weight excluding hydrogens is 891 g/mol. The van der Waals surface area contributed by atoms with E-state index in [1.54, 1.807) is 0 Å². The molecule has 0 aliphatic heterocycles. The Morgan fingerprint density at radius 2 is 0.792 bits per heavy atom. The fourth-order valence-electron chi connectivity index (χ4n) is 11.4. The normalized spacial score (nSPS) is 11.9. The number of para-hydroxylation sites is 4. The molecule has 0 fully saturated rings. The van der Waals surface area contributed by atoms with Crippen molar-refractivity contribution < 1.29 is 0 Å². The van der Waals surface area contributed by atoms with Gasteiger partial charge in [-0.2, -0.15) is 0 Å². The molecule has 0 spiro atoms. The van der Waals surface area contributed by atoms with Gasteiger partial charge >= 0.3 is 0 Å². The van der Waals surface area contributed by atoms with Gasteiger partial charge in [-0.15, -0.1) is 0 Å². The average molecular weight is 936 g/mol. The van der Waals surface area contributed by atoms with E-state index in [0.29, 0.717) is 0 Å². The minimum atomic E-state index is -3.09. The van der Waals surface area contributed by atoms with Gasteiger partial charge in [0.2, 0.25) is 5.78 Å². The number of benzene rings is 10. The first kappa shape index (κ1) is 41.6. The molecule has 14 rings (SSSR count). The van der Waals surface area contributed by atoms with E-state index in [4.69, 9.17) is 9.97 Å². The van der Waals surface area contributed by atoms with Gasteiger partial charge in [-0.05, 0) is 98.6 Å². The summed E-state index contributed by atoms with van der Waals surface area (Å²) in [5.74, 6) is 0.885. The molecular formula is C66H45N5Si. The van der Waals surface area contributed by atoms with E-state index in [0.717, 1.165) is 83.9 Å². The molecule has 4 aromatic heterocycles. The molecule has 72 heavy (non-hydrogen) atoms. The fourth-order valence-corrected chi connectivity index (χ4v) is 16.2. The Hall–Kier alpha value is -9.36. The second-order valence-corrected chi connectivity index (χ2v) is 22.4. The van der Waals surface area contributed by atoms with Crippen LogP contribution in [0, 0.1) is 0 Å². The molecule has 338 valence electrons. The monoisotopic (exact) mass is 935 g/mol. The standard InChI is InChI=1S/C66H45N5Si/c1-6-22-46(23-7-1)58-43-49(44-59(67-58)47-24-8-2-9-25-47)48-26-20-34-54(42-48)72(52-30-12-4-13-31-52,53-32-14-5-15-33-53)55-35-21-29-51(45-55)69-60-37-17-16-36-56(60)57-40-41-63-64(65(57)69)68-66-70(50-27-10-3-11-28-50)61-38-18-19-39-62(61)71(63)66/h1-45H. The van der Waals surface area contributed by atoms with Crippen LogP contribution in [0.1, 0.15) is 0 Å². The van der Waals surface area contributed by atoms with E-state index in [-0.39, 0.29) is 0 Å². The van der Waals surface area contributed by atoms with Crippen LogP contribution in [0.5, 0.6) is 0 Å². The number of pyridine rings is 1. The third-order valence-corrected chi connectivity index (χ3v) is 19.3. The van der Waals surface area contributed by atoms with Gasteiger partial charge in [0.1, 0.15) is 5.52 Å². The van der Waals surface area contributed by atoms with Crippen LogP contribution in [0.2, 0.25) is 0 Å². The van der Waals surface area contributed by atoms with Crippen molar-refractivity contribution in [2.24, 2.45) is 0 Å². The Labute approximate surface area is 417 Å². The highest BCUT2D eigenvalue weighted by atomic mass is 28.3. The second-order valence-electron chi connectivity index (χ2n) is 18.6. The predicted molar refractivity (Wildman–Crippen MR) is 302 cm³/mol. The summed E-state index contributed by atoms with van der Waals surface area (Å²) in [5.41, 5.74) is 15.0. The molecule has 0 bridgehead atoms. The molecule has 0 atom stereocenters. The third kappa shape index (κ3) is 6.54. The topological polar surface area (TPSA) is 40.0 Å². The van der Waals surface area contributed by atoms with Crippen LogP contribution in [-0.4, -0.2) is 31.6 Å². The van der Waals surface area contributed by atoms with Gasteiger partial charge in [-0.25, -0.2) is 9.97 Å². The zero-order valence-corrected chi connectivity index (χ0v) is 40.2. The lowest BCUT2D eigenvalue weighted by molar-refractivity contribution is 1.11. The van der Waals surface area contributed by atoms with E-state index in [1.165, 1.54) is 31.5 Å². The highest BCUT2D eigenvalue weighted by molar-refractivity contribution is 7.20. The first-order valence-corrected chi connectivity index (χ1v) is 26.6. The highest BCUT2D eigenvalue weighted by Gasteiger charge is 2.42. The van der Waals surface area contributed by atoms with E-state index in [2.05, 4.69) is 287 Å². The zero-order valence-electron chi connectivity index (χ0n) is 39.2. The molecule has 5 nitrogen and oxygen atoms in total. The Kier molecular flexibility index (Phi) is 9.79. The lowest BCUT2D eigenvalue weighted by atomic mass is 10.00. The van der Waals surface area contributed by atoms with Crippen LogP contribution in [0.3, 0.4) is 0 Å². The number of fused-ring (bicyclic) bond motifs is 9. The van der Waals surface area contributed by atoms with Gasteiger partial charge in [0.15, 0.2) is 8.07 Å². The lowest BCUT2D eigenvalue weighted by Crippen LogP contribution is -2.74. The molecule has 4 heterocycles. The van der Waals surface area contributed by atoms with E-state index in [1.807, 2.05) is 0 Å². The smallest absolute Gasteiger partial charge is 0.220 e. The molecule has 0 aliphatic carbocycles. The minimum absolute atomic E-state index is 0.885. The molecule has 0 saturated heterocycles. The number of hydrogen-bond donors (Lipinski definition) is 0. The summed E-state index contributed by atoms with van der Waals surface area (Å²) >= 11 is 0. The van der Waals surface area contributed by atoms with Crippen molar-refractivity contribution in [3.8, 4) is 45.0 Å². The molecule has 0 unspecified atom stereocenters. The number of rotatable bonds is 9. The third-order valence-electron chi connectivity index (χ3n) is 14.6. The molecule has 0 amide bonds. The summed E-state index contributed by atoms with van der Waals surface area (Å²) in [6.07, 6.45) is 0. The van der Waals surface area contributed by atoms with Crippen LogP contribution in [0.15, 0.2) is 273 Å². The van der Waals surface area contributed by atoms with Gasteiger partial charge in [0, 0.05) is 33.3 Å². The first-order valence-electron chi connectivity index (χ1n) is 24.6. The van der Waals surface area contributed by atoms with Crippen molar-refractivity contribution in [2.75, 3.05) is 0 Å². The number of aromatic nitrogens is 5. The summed E-state index contributed by atoms with van der Waals surface area (Å²) in [5, 5.41) is 7.56. The van der Waals surface area contributed by atoms with E-state index >= 15 is 0 Å². The Balaban J connectivity index is 1.03. The van der Waals surface area contributed by atoms with Crippen molar-refractivity contribution in [3.63, 3.8) is 0 Å². The maximum atomic E-state index is 5.65. The number of hydrogen-bond acceptors (Lipinski definition) is 2. The Bertz CT molecular complexity index is 4220. The van der Waals surface area contributed by atoms with Crippen LogP contribution >= 0.6 is 0 Å². The average Bonchev–Trinajstić information content (AvgIpc) is 4.12. The van der Waals surface area contributed by atoms with Crippen molar-refractivity contribution in [1.29, 1.82) is 0 Å². The number of nitrogens with zero attached hydrogens (tertiary/aromatic N) is 5. The summed E-state index contributed by atoms with van der Waals surface area (Å²) in [4.78, 5) is 10.9. The van der Waals surface area contributed by atoms with Crippen LogP contribution in [0.25, 0.3) is 94.7 Å². The lowest BCUT2D eigenvalue weighted by Gasteiger charge is -2.35. The SMILES string of the molecule is c1ccc(-c2cc(-c3cccc([Si](c4ccccc4)(c4ccccc4)c4cccc(-n5c6ccccc6c6ccc7c(nc8n(-c9ccccc9)c9ccccc9n78)c65)c4)c3)cc(-c3ccccc3)n2)cc1. The molecule has 10 aromatic carbocycles. The highest BCUT2D eigenvalue weighted by Crippen LogP contribution is 2.39. The molecule has 0 aliphatic rings. The number of imidazole rings is 2. The molecule has 0 radical (unpaired) electrons. The predicted octanol–water partition coefficient (Wildman–Crippen LogP) is 13.3. The van der Waals surface area contributed by atoms with Crippen molar-refractivity contribution in [1.82, 2.24) is 23.5 Å². The van der Waals surface area contributed by atoms with Crippen molar-refractivity contribution >= 4 is 78.5 Å². The molecule has 6 heteroatoms. The largest absolute Gasteiger partial charge is 0.307 e. The minimum Gasteiger partial charge on any atom is -0.307 e. The van der Waals surface area contributed by atoms with Crippen molar-refractivity contribution in [2.45, 2.75) is 0 Å². The van der Waals surface area contributed by atoms with E-state index in [9.17, 15) is 0 Å². The molecule has 0 N–H and O–H groups in total. The van der Waals surface area contributed by atoms with Gasteiger partial charge < -0.3 is 4.57 Å². The second kappa shape index (κ2) is 16.9. The van der Waals surface area contributed by atoms with Crippen LogP contribution in [0.4, 0.5) is 0 Å². The van der Waals surface area contributed by atoms with Crippen LogP contribution < -0.4 is 20.7 Å². The molecule has 14 aromatic rings. The van der Waals surface area contributed by atoms with Gasteiger partial charge in [0.25, 0.3) is 0 Å². The Morgan fingerprint density at radius 1 is 0.292 bits per heavy atom. The summed E-state index contributed by atoms with van der Waals surface area (Å²) < 4.78 is 7.09. The maximum Gasteiger partial charge on any atom is 0.220 e. The summed E-state index contributed by atoms with van der Waals surface area (Å²) in [7, 11) is -3.09. The Morgan fingerprint density at radius 3 is 1.44 bits per heavy atom. The van der Waals surface area contributed by atoms with Crippen LogP contribution in [-0.2, 0) is 0 Å². The summed E-state index contributed by atoms with van der Waals surface area (Å²) in [6.45, 7) is 0. The fraction of sp³-hybridized carbons (Fsp3) is 0.